The first-order valence-corrected chi connectivity index (χ1v) is 29.9. The van der Waals surface area contributed by atoms with Gasteiger partial charge in [-0.2, -0.15) is 0 Å². The molecule has 1 saturated heterocycles. The molecule has 7 aromatic heterocycles. The maximum Gasteiger partial charge on any atom is 0.271 e. The summed E-state index contributed by atoms with van der Waals surface area (Å²) in [6.07, 6.45) is -2.80. The summed E-state index contributed by atoms with van der Waals surface area (Å²) in [4.78, 5) is 118. The zero-order valence-electron chi connectivity index (χ0n) is 42.4. The van der Waals surface area contributed by atoms with E-state index in [1.165, 1.54) is 67.2 Å². The third kappa shape index (κ3) is 11.4. The molecule has 22 nitrogen and oxygen atoms in total. The molecule has 1 fully saturated rings. The van der Waals surface area contributed by atoms with Crippen molar-refractivity contribution >= 4 is 103 Å². The van der Waals surface area contributed by atoms with Crippen molar-refractivity contribution in [2.75, 3.05) is 6.54 Å². The van der Waals surface area contributed by atoms with Crippen molar-refractivity contribution in [1.29, 1.82) is 0 Å². The van der Waals surface area contributed by atoms with Crippen LogP contribution in [0.4, 0.5) is 0 Å². The number of nitrogens with two attached hydrogens (primary N) is 2. The molecule has 0 saturated carbocycles. The highest BCUT2D eigenvalue weighted by molar-refractivity contribution is 7.15. The third-order valence-electron chi connectivity index (χ3n) is 13.5. The number of aromatic nitrogens is 7. The van der Waals surface area contributed by atoms with Crippen LogP contribution in [0.25, 0.3) is 43.4 Å². The molecule has 0 unspecified atom stereocenters. The van der Waals surface area contributed by atoms with E-state index in [0.717, 1.165) is 34.0 Å². The van der Waals surface area contributed by atoms with E-state index in [9.17, 15) is 39.3 Å². The van der Waals surface area contributed by atoms with Gasteiger partial charge in [0.15, 0.2) is 0 Å². The Kier molecular flexibility index (Phi) is 15.4. The average Bonchev–Trinajstić information content (AvgIpc) is 4.47. The van der Waals surface area contributed by atoms with Crippen LogP contribution in [0.1, 0.15) is 111 Å². The van der Waals surface area contributed by atoms with Gasteiger partial charge in [-0.3, -0.25) is 28.8 Å². The number of primary amides is 2. The quantitative estimate of drug-likeness (QED) is 0.0817. The largest absolute Gasteiger partial charge is 0.508 e. The SMILES string of the molecule is Cc1sc2nc1C(=O)N[C@@H]([C@H](O)c1ccccc1)c1nc(cs1)C(=O)N[C@@H](Cc1ccc(O)cc1)C(=O)N1C[C@@H](O)[C@H](C)[C@@H]1c1nc(cs1)-c1nc(cs1)-c1nc(-c3nc(C(N)=O)cs3)ccc1-c1nc(cs1)C(=O)N[C@H]2CC(N)=O. The molecule has 0 spiro atoms. The number of pyridine rings is 1. The summed E-state index contributed by atoms with van der Waals surface area (Å²) in [6.45, 7) is 3.36. The molecule has 2 aromatic carbocycles. The van der Waals surface area contributed by atoms with Gasteiger partial charge in [0.1, 0.15) is 93.8 Å². The summed E-state index contributed by atoms with van der Waals surface area (Å²) in [6, 6.07) is 13.8. The maximum absolute atomic E-state index is 15.1. The van der Waals surface area contributed by atoms with Gasteiger partial charge in [0.05, 0.1) is 30.3 Å². The Hall–Kier alpha value is -8.09. The van der Waals surface area contributed by atoms with Gasteiger partial charge in [-0.25, -0.2) is 34.9 Å². The Morgan fingerprint density at radius 2 is 1.31 bits per heavy atom. The zero-order valence-corrected chi connectivity index (χ0v) is 47.3. The minimum atomic E-state index is -1.40. The molecule has 0 aliphatic carbocycles. The number of hydrogen-bond donors (Lipinski definition) is 8. The highest BCUT2D eigenvalue weighted by Crippen LogP contribution is 2.43. The predicted molar refractivity (Wildman–Crippen MR) is 304 cm³/mol. The van der Waals surface area contributed by atoms with Crippen LogP contribution in [-0.2, 0) is 16.0 Å². The second-order valence-corrected chi connectivity index (χ2v) is 24.5. The molecule has 28 heteroatoms. The van der Waals surface area contributed by atoms with Crippen LogP contribution >= 0.6 is 68.0 Å². The van der Waals surface area contributed by atoms with E-state index in [-0.39, 0.29) is 51.5 Å². The number of aromatic hydroxyl groups is 1. The summed E-state index contributed by atoms with van der Waals surface area (Å²) in [5.41, 5.74) is 14.2. The van der Waals surface area contributed by atoms with Crippen LogP contribution in [0.15, 0.2) is 93.6 Å². The van der Waals surface area contributed by atoms with Crippen LogP contribution in [0.2, 0.25) is 0 Å². The lowest BCUT2D eigenvalue weighted by atomic mass is 10.00. The van der Waals surface area contributed by atoms with Gasteiger partial charge in [0.2, 0.25) is 11.8 Å². The summed E-state index contributed by atoms with van der Waals surface area (Å²) in [5.74, 6) is -4.69. The fraction of sp³-hybridized carbons (Fsp3) is 0.226. The number of aryl methyl sites for hydroxylation is 1. The molecule has 2 aliphatic heterocycles. The minimum Gasteiger partial charge on any atom is -0.508 e. The third-order valence-corrected chi connectivity index (χ3v) is 19.0. The van der Waals surface area contributed by atoms with Gasteiger partial charge in [-0.15, -0.1) is 68.0 Å². The molecule has 412 valence electrons. The number of hydrogen-bond acceptors (Lipinski definition) is 22. The van der Waals surface area contributed by atoms with Crippen LogP contribution in [-0.4, -0.2) is 109 Å². The molecule has 9 heterocycles. The first-order chi connectivity index (χ1) is 39.0. The van der Waals surface area contributed by atoms with Crippen molar-refractivity contribution < 1.29 is 44.1 Å². The maximum atomic E-state index is 15.1. The molecule has 2 aliphatic rings. The van der Waals surface area contributed by atoms with Gasteiger partial charge in [0.25, 0.3) is 23.6 Å². The van der Waals surface area contributed by atoms with Gasteiger partial charge in [-0.1, -0.05) is 49.4 Å². The van der Waals surface area contributed by atoms with Crippen molar-refractivity contribution in [2.45, 2.75) is 63.1 Å². The number of fused-ring (bicyclic) bond motifs is 16. The van der Waals surface area contributed by atoms with E-state index in [2.05, 4.69) is 30.9 Å². The lowest BCUT2D eigenvalue weighted by molar-refractivity contribution is -0.134. The molecule has 10 bridgehead atoms. The Labute approximate surface area is 483 Å². The van der Waals surface area contributed by atoms with Gasteiger partial charge in [0, 0.05) is 56.2 Å². The van der Waals surface area contributed by atoms with E-state index in [0.29, 0.717) is 64.4 Å². The number of rotatable bonds is 8. The molecule has 7 atom stereocenters. The second-order valence-electron chi connectivity index (χ2n) is 18.9. The summed E-state index contributed by atoms with van der Waals surface area (Å²) in [5, 5.41) is 52.2. The lowest BCUT2D eigenvalue weighted by Crippen LogP contribution is -2.50. The fourth-order valence-electron chi connectivity index (χ4n) is 9.31. The number of amides is 6. The number of thiazole rings is 6. The summed E-state index contributed by atoms with van der Waals surface area (Å²) >= 11 is 6.89. The monoisotopic (exact) mass is 1200 g/mol. The number of carbonyl (C=O) groups excluding carboxylic acids is 6. The highest BCUT2D eigenvalue weighted by Gasteiger charge is 2.45. The molecule has 11 rings (SSSR count). The van der Waals surface area contributed by atoms with E-state index in [1.807, 2.05) is 6.92 Å². The van der Waals surface area contributed by atoms with Crippen molar-refractivity contribution in [2.24, 2.45) is 17.4 Å². The molecule has 0 radical (unpaired) electrons. The Morgan fingerprint density at radius 1 is 0.667 bits per heavy atom. The number of carbonyl (C=O) groups is 6. The molecular formula is C53H45N13O9S6. The molecular weight excluding hydrogens is 1160 g/mol. The topological polar surface area (TPSA) is 345 Å². The van der Waals surface area contributed by atoms with Gasteiger partial charge < -0.3 is 47.6 Å². The summed E-state index contributed by atoms with van der Waals surface area (Å²) < 4.78 is 0. The molecule has 9 aromatic rings. The average molecular weight is 1200 g/mol. The fourth-order valence-corrected chi connectivity index (χ4v) is 14.6. The number of phenolic OH excluding ortho intramolecular Hbond substituents is 1. The molecule has 10 N–H and O–H groups in total. The van der Waals surface area contributed by atoms with Crippen molar-refractivity contribution in [3.05, 3.63) is 147 Å². The van der Waals surface area contributed by atoms with E-state index < -0.39 is 84.2 Å². The zero-order chi connectivity index (χ0) is 56.8. The number of benzene rings is 2. The van der Waals surface area contributed by atoms with Crippen LogP contribution < -0.4 is 27.4 Å². The Bertz CT molecular complexity index is 3890. The summed E-state index contributed by atoms with van der Waals surface area (Å²) in [7, 11) is 0. The van der Waals surface area contributed by atoms with Crippen molar-refractivity contribution in [1.82, 2.24) is 55.7 Å². The first kappa shape index (κ1) is 54.8. The number of aliphatic hydroxyl groups is 2. The molecule has 81 heavy (non-hydrogen) atoms. The smallest absolute Gasteiger partial charge is 0.271 e. The van der Waals surface area contributed by atoms with Crippen LogP contribution in [0, 0.1) is 12.8 Å². The number of aliphatic hydroxyl groups excluding tert-OH is 2. The van der Waals surface area contributed by atoms with E-state index in [1.54, 1.807) is 72.3 Å². The Balaban J connectivity index is 1.02. The van der Waals surface area contributed by atoms with E-state index >= 15 is 4.79 Å². The number of phenols is 1. The van der Waals surface area contributed by atoms with Gasteiger partial charge >= 0.3 is 0 Å². The first-order valence-electron chi connectivity index (χ1n) is 24.7. The highest BCUT2D eigenvalue weighted by atomic mass is 32.1. The predicted octanol–water partition coefficient (Wildman–Crippen LogP) is 6.39. The van der Waals surface area contributed by atoms with E-state index in [4.69, 9.17) is 31.4 Å². The van der Waals surface area contributed by atoms with Crippen LogP contribution in [0.3, 0.4) is 0 Å². The van der Waals surface area contributed by atoms with Crippen LogP contribution in [0.5, 0.6) is 5.75 Å². The Morgan fingerprint density at radius 3 is 2.05 bits per heavy atom. The van der Waals surface area contributed by atoms with Crippen molar-refractivity contribution in [3.8, 4) is 49.1 Å². The van der Waals surface area contributed by atoms with Crippen molar-refractivity contribution in [3.63, 3.8) is 0 Å². The minimum absolute atomic E-state index is 0.00146. The lowest BCUT2D eigenvalue weighted by Gasteiger charge is -2.29. The normalized spacial score (nSPS) is 20.0. The molecule has 6 amide bonds. The van der Waals surface area contributed by atoms with Gasteiger partial charge in [-0.05, 0) is 42.3 Å². The number of nitrogens with one attached hydrogen (secondary N) is 3. The number of nitrogens with zero attached hydrogens (tertiary/aromatic N) is 8. The second kappa shape index (κ2) is 22.8. The standard InChI is InChI=1S/C53H45N13O9S6/c1-22-36(68)16-66-41(22)52-63-35(21-80-52)49-59-31(17-77-49)39-27(12-13-28(56-39)48-60-32(18-78-48)43(55)71)47-61-33(19-76-47)44(72)57-29(15-37(54)69)50-65-38(23(2)81-50)46(74)64-40(42(70)25-6-4-3-5-7-25)51-62-34(20-79-51)45(73)58-30(53(66)75)14-24-8-10-26(67)11-9-24/h3-13,17-22,29-30,36,40-42,67-68,70H,14-16H2,1-2H3,(H2,54,69)(H2,55,71)(H,57,72)(H,58,73)(H,64,74)/t22-,29-,30-,36+,40-,41+,42+/m0/s1.